The summed E-state index contributed by atoms with van der Waals surface area (Å²) in [5.74, 6) is -1.36. The summed E-state index contributed by atoms with van der Waals surface area (Å²) >= 11 is 0. The predicted molar refractivity (Wildman–Crippen MR) is 64.3 cm³/mol. The number of rotatable bonds is 3. The lowest BCUT2D eigenvalue weighted by Gasteiger charge is -2.14. The summed E-state index contributed by atoms with van der Waals surface area (Å²) < 4.78 is 0. The Morgan fingerprint density at radius 3 is 2.50 bits per heavy atom. The molecule has 0 fully saturated rings. The van der Waals surface area contributed by atoms with Crippen molar-refractivity contribution in [2.24, 2.45) is 5.73 Å². The zero-order chi connectivity index (χ0) is 11.6. The summed E-state index contributed by atoms with van der Waals surface area (Å²) in [6, 6.07) is 2.82. The van der Waals surface area contributed by atoms with Crippen LogP contribution in [0.3, 0.4) is 0 Å². The van der Waals surface area contributed by atoms with Gasteiger partial charge in [-0.2, -0.15) is 0 Å². The summed E-state index contributed by atoms with van der Waals surface area (Å²) in [6.07, 6.45) is 0.649. The van der Waals surface area contributed by atoms with Crippen LogP contribution < -0.4 is 5.73 Å². The Bertz CT molecular complexity index is 393. The van der Waals surface area contributed by atoms with Gasteiger partial charge in [0.1, 0.15) is 11.3 Å². The molecule has 4 nitrogen and oxygen atoms in total. The van der Waals surface area contributed by atoms with Crippen molar-refractivity contribution in [1.29, 1.82) is 0 Å². The number of carboxylic acid groups (broad SMARTS) is 1. The molecule has 0 saturated heterocycles. The lowest BCUT2D eigenvalue weighted by Crippen LogP contribution is -2.11. The van der Waals surface area contributed by atoms with Crippen LogP contribution in [0.4, 0.5) is 0 Å². The SMILES string of the molecule is CC[C@H](N)c1cc(C)cc(C(=O)O)c1O.Cl. The molecule has 0 heterocycles. The third-order valence-corrected chi connectivity index (χ3v) is 2.35. The van der Waals surface area contributed by atoms with Gasteiger partial charge in [-0.1, -0.05) is 13.0 Å². The van der Waals surface area contributed by atoms with Crippen LogP contribution in [0.2, 0.25) is 0 Å². The van der Waals surface area contributed by atoms with Crippen molar-refractivity contribution in [2.45, 2.75) is 26.3 Å². The molecule has 0 aliphatic carbocycles. The van der Waals surface area contributed by atoms with E-state index >= 15 is 0 Å². The van der Waals surface area contributed by atoms with E-state index in [9.17, 15) is 9.90 Å². The number of hydrogen-bond donors (Lipinski definition) is 3. The first-order valence-corrected chi connectivity index (χ1v) is 4.79. The lowest BCUT2D eigenvalue weighted by molar-refractivity contribution is 0.0693. The minimum atomic E-state index is -1.14. The second-order valence-electron chi connectivity index (χ2n) is 3.57. The van der Waals surface area contributed by atoms with E-state index in [-0.39, 0.29) is 29.8 Å². The van der Waals surface area contributed by atoms with Crippen molar-refractivity contribution in [3.63, 3.8) is 0 Å². The van der Waals surface area contributed by atoms with E-state index in [1.165, 1.54) is 6.07 Å². The molecule has 5 heteroatoms. The van der Waals surface area contributed by atoms with E-state index in [2.05, 4.69) is 0 Å². The maximum atomic E-state index is 10.8. The van der Waals surface area contributed by atoms with Gasteiger partial charge >= 0.3 is 5.97 Å². The Hall–Kier alpha value is -1.26. The molecule has 1 rings (SSSR count). The minimum Gasteiger partial charge on any atom is -0.507 e. The maximum Gasteiger partial charge on any atom is 0.339 e. The van der Waals surface area contributed by atoms with Crippen LogP contribution in [0.25, 0.3) is 0 Å². The molecule has 0 radical (unpaired) electrons. The molecular weight excluding hydrogens is 230 g/mol. The van der Waals surface area contributed by atoms with Crippen LogP contribution in [0.1, 0.15) is 40.9 Å². The van der Waals surface area contributed by atoms with E-state index in [0.29, 0.717) is 12.0 Å². The van der Waals surface area contributed by atoms with Crippen molar-refractivity contribution in [3.05, 3.63) is 28.8 Å². The van der Waals surface area contributed by atoms with Crippen LogP contribution in [0, 0.1) is 6.92 Å². The van der Waals surface area contributed by atoms with Gasteiger partial charge in [0.15, 0.2) is 0 Å². The zero-order valence-electron chi connectivity index (χ0n) is 9.23. The van der Waals surface area contributed by atoms with E-state index in [1.807, 2.05) is 6.92 Å². The normalized spacial score (nSPS) is 11.7. The van der Waals surface area contributed by atoms with E-state index in [4.69, 9.17) is 10.8 Å². The summed E-state index contributed by atoms with van der Waals surface area (Å²) in [4.78, 5) is 10.8. The van der Waals surface area contributed by atoms with Gasteiger partial charge in [0.2, 0.25) is 0 Å². The molecule has 90 valence electrons. The van der Waals surface area contributed by atoms with Gasteiger partial charge < -0.3 is 15.9 Å². The second kappa shape index (κ2) is 5.72. The summed E-state index contributed by atoms with van der Waals surface area (Å²) in [5.41, 5.74) is 6.97. The molecule has 0 aliphatic rings. The number of nitrogens with two attached hydrogens (primary N) is 1. The topological polar surface area (TPSA) is 83.6 Å². The third-order valence-electron chi connectivity index (χ3n) is 2.35. The van der Waals surface area contributed by atoms with Crippen molar-refractivity contribution in [2.75, 3.05) is 0 Å². The highest BCUT2D eigenvalue weighted by Crippen LogP contribution is 2.29. The zero-order valence-corrected chi connectivity index (χ0v) is 10.0. The number of aromatic hydroxyl groups is 1. The smallest absolute Gasteiger partial charge is 0.339 e. The van der Waals surface area contributed by atoms with Gasteiger partial charge in [-0.25, -0.2) is 4.79 Å². The fourth-order valence-electron chi connectivity index (χ4n) is 1.47. The number of carbonyl (C=O) groups is 1. The largest absolute Gasteiger partial charge is 0.507 e. The molecule has 1 aromatic carbocycles. The number of benzene rings is 1. The van der Waals surface area contributed by atoms with E-state index < -0.39 is 5.97 Å². The molecule has 0 amide bonds. The molecular formula is C11H16ClNO3. The number of carboxylic acids is 1. The average Bonchev–Trinajstić information content (AvgIpc) is 2.19. The minimum absolute atomic E-state index is 0. The van der Waals surface area contributed by atoms with Crippen LogP contribution in [-0.4, -0.2) is 16.2 Å². The molecule has 0 bridgehead atoms. The summed E-state index contributed by atoms with van der Waals surface area (Å²) in [5, 5.41) is 18.6. The first-order chi connectivity index (χ1) is 6.97. The van der Waals surface area contributed by atoms with Crippen molar-refractivity contribution in [3.8, 4) is 5.75 Å². The average molecular weight is 246 g/mol. The Morgan fingerprint density at radius 2 is 2.06 bits per heavy atom. The standard InChI is InChI=1S/C11H15NO3.ClH/c1-3-9(12)7-4-6(2)5-8(10(7)13)11(14)15;/h4-5,9,13H,3,12H2,1-2H3,(H,14,15);1H/t9-;/m0./s1. The maximum absolute atomic E-state index is 10.8. The molecule has 0 spiro atoms. The highest BCUT2D eigenvalue weighted by atomic mass is 35.5. The number of phenols is 1. The molecule has 0 aromatic heterocycles. The fraction of sp³-hybridized carbons (Fsp3) is 0.364. The van der Waals surface area contributed by atoms with Gasteiger partial charge in [-0.15, -0.1) is 12.4 Å². The number of halogens is 1. The van der Waals surface area contributed by atoms with Crippen LogP contribution in [0.5, 0.6) is 5.75 Å². The molecule has 0 unspecified atom stereocenters. The Labute approximate surface area is 100 Å². The number of aryl methyl sites for hydroxylation is 1. The number of hydrogen-bond acceptors (Lipinski definition) is 3. The van der Waals surface area contributed by atoms with Crippen molar-refractivity contribution < 1.29 is 15.0 Å². The third kappa shape index (κ3) is 2.87. The Balaban J connectivity index is 0.00000225. The predicted octanol–water partition coefficient (Wildman–Crippen LogP) is 2.23. The van der Waals surface area contributed by atoms with Crippen molar-refractivity contribution in [1.82, 2.24) is 0 Å². The van der Waals surface area contributed by atoms with Gasteiger partial charge in [0, 0.05) is 11.6 Å². The lowest BCUT2D eigenvalue weighted by atomic mass is 9.98. The van der Waals surface area contributed by atoms with Crippen LogP contribution >= 0.6 is 12.4 Å². The van der Waals surface area contributed by atoms with Gasteiger partial charge in [0.05, 0.1) is 0 Å². The molecule has 1 atom stereocenters. The van der Waals surface area contributed by atoms with E-state index in [0.717, 1.165) is 5.56 Å². The first-order valence-electron chi connectivity index (χ1n) is 4.79. The molecule has 0 aliphatic heterocycles. The Kier molecular flexibility index (Phi) is 5.27. The molecule has 4 N–H and O–H groups in total. The molecule has 0 saturated carbocycles. The summed E-state index contributed by atoms with van der Waals surface area (Å²) in [7, 11) is 0. The Morgan fingerprint density at radius 1 is 1.50 bits per heavy atom. The van der Waals surface area contributed by atoms with Gasteiger partial charge in [0.25, 0.3) is 0 Å². The molecule has 16 heavy (non-hydrogen) atoms. The first kappa shape index (κ1) is 14.7. The van der Waals surface area contributed by atoms with Crippen molar-refractivity contribution >= 4 is 18.4 Å². The van der Waals surface area contributed by atoms with Crippen LogP contribution in [-0.2, 0) is 0 Å². The second-order valence-corrected chi connectivity index (χ2v) is 3.57. The summed E-state index contributed by atoms with van der Waals surface area (Å²) in [6.45, 7) is 3.66. The molecule has 1 aromatic rings. The monoisotopic (exact) mass is 245 g/mol. The van der Waals surface area contributed by atoms with Gasteiger partial charge in [-0.3, -0.25) is 0 Å². The van der Waals surface area contributed by atoms with Crippen LogP contribution in [0.15, 0.2) is 12.1 Å². The quantitative estimate of drug-likeness (QED) is 0.763. The highest BCUT2D eigenvalue weighted by Gasteiger charge is 2.17. The highest BCUT2D eigenvalue weighted by molar-refractivity contribution is 5.91. The fourth-order valence-corrected chi connectivity index (χ4v) is 1.47. The van der Waals surface area contributed by atoms with Gasteiger partial charge in [-0.05, 0) is 25.0 Å². The van der Waals surface area contributed by atoms with E-state index in [1.54, 1.807) is 13.0 Å². The number of aromatic carboxylic acids is 1.